The molecular formula is C28H31N5O4. The van der Waals surface area contributed by atoms with Crippen LogP contribution < -0.4 is 15.2 Å². The highest BCUT2D eigenvalue weighted by atomic mass is 16.5. The summed E-state index contributed by atoms with van der Waals surface area (Å²) in [5, 5.41) is 0.861. The van der Waals surface area contributed by atoms with Crippen molar-refractivity contribution in [1.29, 1.82) is 0 Å². The normalized spacial score (nSPS) is 20.4. The molecule has 9 nitrogen and oxygen atoms in total. The molecule has 3 aliphatic heterocycles. The Balaban J connectivity index is 1.07. The lowest BCUT2D eigenvalue weighted by molar-refractivity contribution is -0.139. The number of ether oxygens (including phenoxy) is 3. The maximum atomic E-state index is 12.8. The number of aryl methyl sites for hydroxylation is 1. The van der Waals surface area contributed by atoms with Crippen molar-refractivity contribution in [3.05, 3.63) is 47.1 Å². The Morgan fingerprint density at radius 1 is 1.11 bits per heavy atom. The van der Waals surface area contributed by atoms with E-state index in [0.29, 0.717) is 17.9 Å². The first-order valence-electron chi connectivity index (χ1n) is 13.1. The van der Waals surface area contributed by atoms with Gasteiger partial charge in [-0.05, 0) is 57.5 Å². The fraction of sp³-hybridized carbons (Fsp3) is 0.464. The van der Waals surface area contributed by atoms with Gasteiger partial charge in [-0.1, -0.05) is 0 Å². The van der Waals surface area contributed by atoms with Gasteiger partial charge in [0.05, 0.1) is 48.0 Å². The van der Waals surface area contributed by atoms with E-state index in [2.05, 4.69) is 14.9 Å². The molecule has 1 aromatic carbocycles. The van der Waals surface area contributed by atoms with Gasteiger partial charge in [0.1, 0.15) is 5.75 Å². The SMILES string of the molecule is C[C@H]1Oc2c(-c3ccc(OCCCN4CCC5(CC4)COC5)nc3)ccc3ncc4c(c23)n1c(=O)n4C. The van der Waals surface area contributed by atoms with Crippen LogP contribution >= 0.6 is 0 Å². The molecule has 37 heavy (non-hydrogen) atoms. The number of nitrogens with zero attached hydrogens (tertiary/aromatic N) is 5. The van der Waals surface area contributed by atoms with Gasteiger partial charge in [-0.3, -0.25) is 14.1 Å². The smallest absolute Gasteiger partial charge is 0.331 e. The third-order valence-corrected chi connectivity index (χ3v) is 8.34. The van der Waals surface area contributed by atoms with E-state index in [1.807, 2.05) is 37.4 Å². The number of piperidine rings is 1. The number of benzene rings is 1. The van der Waals surface area contributed by atoms with Crippen molar-refractivity contribution < 1.29 is 14.2 Å². The molecule has 0 radical (unpaired) electrons. The number of hydrogen-bond donors (Lipinski definition) is 0. The molecule has 192 valence electrons. The molecule has 2 fully saturated rings. The van der Waals surface area contributed by atoms with Crippen molar-refractivity contribution in [2.24, 2.45) is 12.5 Å². The summed E-state index contributed by atoms with van der Waals surface area (Å²) in [5.74, 6) is 1.36. The molecule has 0 saturated carbocycles. The van der Waals surface area contributed by atoms with Gasteiger partial charge in [-0.15, -0.1) is 0 Å². The highest BCUT2D eigenvalue weighted by Crippen LogP contribution is 2.44. The summed E-state index contributed by atoms with van der Waals surface area (Å²) in [6.45, 7) is 7.81. The third-order valence-electron chi connectivity index (χ3n) is 8.34. The van der Waals surface area contributed by atoms with Gasteiger partial charge in [-0.2, -0.15) is 0 Å². The van der Waals surface area contributed by atoms with Gasteiger partial charge in [0.25, 0.3) is 0 Å². The van der Waals surface area contributed by atoms with Crippen molar-refractivity contribution in [3.63, 3.8) is 0 Å². The highest BCUT2D eigenvalue weighted by Gasteiger charge is 2.40. The third kappa shape index (κ3) is 3.63. The van der Waals surface area contributed by atoms with Crippen LogP contribution in [0, 0.1) is 5.41 Å². The van der Waals surface area contributed by atoms with Crippen LogP contribution in [0.15, 0.2) is 41.5 Å². The predicted octanol–water partition coefficient (Wildman–Crippen LogP) is 3.74. The van der Waals surface area contributed by atoms with Gasteiger partial charge in [0, 0.05) is 42.4 Å². The van der Waals surface area contributed by atoms with Crippen molar-refractivity contribution in [2.75, 3.05) is 39.5 Å². The summed E-state index contributed by atoms with van der Waals surface area (Å²) in [6, 6.07) is 7.91. The molecule has 9 heteroatoms. The Morgan fingerprint density at radius 2 is 1.95 bits per heavy atom. The van der Waals surface area contributed by atoms with Gasteiger partial charge in [0.15, 0.2) is 6.23 Å². The van der Waals surface area contributed by atoms with Crippen LogP contribution in [-0.2, 0) is 11.8 Å². The summed E-state index contributed by atoms with van der Waals surface area (Å²) in [7, 11) is 1.77. The topological polar surface area (TPSA) is 83.6 Å². The van der Waals surface area contributed by atoms with Gasteiger partial charge in [0.2, 0.25) is 5.88 Å². The lowest BCUT2D eigenvalue weighted by atomic mass is 9.77. The monoisotopic (exact) mass is 501 g/mol. The Hall–Kier alpha value is -3.43. The molecule has 4 aromatic rings. The van der Waals surface area contributed by atoms with Gasteiger partial charge >= 0.3 is 5.69 Å². The summed E-state index contributed by atoms with van der Waals surface area (Å²) in [4.78, 5) is 24.5. The zero-order valence-corrected chi connectivity index (χ0v) is 21.3. The minimum absolute atomic E-state index is 0.104. The van der Waals surface area contributed by atoms with Crippen molar-refractivity contribution in [2.45, 2.75) is 32.4 Å². The predicted molar refractivity (Wildman–Crippen MR) is 140 cm³/mol. The van der Waals surface area contributed by atoms with Gasteiger partial charge < -0.3 is 19.1 Å². The molecule has 2 saturated heterocycles. The van der Waals surface area contributed by atoms with Crippen LogP contribution in [0.2, 0.25) is 0 Å². The Morgan fingerprint density at radius 3 is 2.68 bits per heavy atom. The zero-order valence-electron chi connectivity index (χ0n) is 21.3. The molecule has 3 aromatic heterocycles. The Kier molecular flexibility index (Phi) is 5.26. The second-order valence-corrected chi connectivity index (χ2v) is 10.7. The summed E-state index contributed by atoms with van der Waals surface area (Å²) in [6.07, 6.45) is 6.65. The molecule has 0 amide bonds. The molecule has 0 bridgehead atoms. The van der Waals surface area contributed by atoms with Crippen LogP contribution in [0.25, 0.3) is 33.1 Å². The number of imidazole rings is 1. The fourth-order valence-electron chi connectivity index (χ4n) is 6.01. The number of aromatic nitrogens is 4. The zero-order chi connectivity index (χ0) is 25.1. The van der Waals surface area contributed by atoms with Crippen LogP contribution in [0.1, 0.15) is 32.4 Å². The lowest BCUT2D eigenvalue weighted by Gasteiger charge is -2.47. The average molecular weight is 502 g/mol. The first kappa shape index (κ1) is 22.7. The number of pyridine rings is 2. The molecular weight excluding hydrogens is 470 g/mol. The molecule has 0 aliphatic carbocycles. The van der Waals surface area contributed by atoms with Crippen LogP contribution in [-0.4, -0.2) is 63.5 Å². The molecule has 0 N–H and O–H groups in total. The van der Waals surface area contributed by atoms with E-state index in [4.69, 9.17) is 14.2 Å². The van der Waals surface area contributed by atoms with Crippen LogP contribution in [0.3, 0.4) is 0 Å². The summed E-state index contributed by atoms with van der Waals surface area (Å²) in [5.41, 5.74) is 4.70. The minimum Gasteiger partial charge on any atom is -0.478 e. The summed E-state index contributed by atoms with van der Waals surface area (Å²) < 4.78 is 21.0. The summed E-state index contributed by atoms with van der Waals surface area (Å²) >= 11 is 0. The van der Waals surface area contributed by atoms with Crippen LogP contribution in [0.5, 0.6) is 11.6 Å². The van der Waals surface area contributed by atoms with E-state index in [9.17, 15) is 4.79 Å². The van der Waals surface area contributed by atoms with E-state index < -0.39 is 6.23 Å². The molecule has 0 unspecified atom stereocenters. The molecule has 6 heterocycles. The van der Waals surface area contributed by atoms with E-state index in [-0.39, 0.29) is 5.69 Å². The van der Waals surface area contributed by atoms with E-state index in [0.717, 1.165) is 78.1 Å². The first-order valence-corrected chi connectivity index (χ1v) is 13.1. The average Bonchev–Trinajstić information content (AvgIpc) is 3.17. The first-order chi connectivity index (χ1) is 18.0. The second-order valence-electron chi connectivity index (χ2n) is 10.7. The maximum absolute atomic E-state index is 12.8. The second kappa shape index (κ2) is 8.56. The molecule has 7 rings (SSSR count). The molecule has 3 aliphatic rings. The van der Waals surface area contributed by atoms with E-state index >= 15 is 0 Å². The quantitative estimate of drug-likeness (QED) is 0.372. The van der Waals surface area contributed by atoms with Crippen molar-refractivity contribution in [3.8, 4) is 22.8 Å². The van der Waals surface area contributed by atoms with Crippen molar-refractivity contribution >= 4 is 21.9 Å². The van der Waals surface area contributed by atoms with Crippen molar-refractivity contribution in [1.82, 2.24) is 24.0 Å². The Bertz CT molecular complexity index is 1540. The van der Waals surface area contributed by atoms with Crippen LogP contribution in [0.4, 0.5) is 0 Å². The highest BCUT2D eigenvalue weighted by molar-refractivity contribution is 6.09. The largest absolute Gasteiger partial charge is 0.478 e. The maximum Gasteiger partial charge on any atom is 0.331 e. The van der Waals surface area contributed by atoms with Gasteiger partial charge in [-0.25, -0.2) is 9.78 Å². The van der Waals surface area contributed by atoms with E-state index in [1.54, 1.807) is 22.4 Å². The molecule has 1 spiro atoms. The minimum atomic E-state index is -0.418. The lowest BCUT2D eigenvalue weighted by Crippen LogP contribution is -2.51. The standard InChI is InChI=1S/C28H31N5O4/c1-18-33-25-22(31(2)27(33)34)15-29-21-6-5-20(26(37-18)24(21)25)19-4-7-23(30-14-19)36-13-3-10-32-11-8-28(9-12-32)16-35-17-28/h4-7,14-15,18H,3,8-13,16-17H2,1-2H3/t18-/m1/s1. The number of hydrogen-bond acceptors (Lipinski definition) is 7. The number of likely N-dealkylation sites (tertiary alicyclic amines) is 1. The Labute approximate surface area is 214 Å². The van der Waals surface area contributed by atoms with E-state index in [1.165, 1.54) is 12.8 Å². The molecule has 1 atom stereocenters. The number of rotatable bonds is 6. The fourth-order valence-corrected chi connectivity index (χ4v) is 6.01.